The van der Waals surface area contributed by atoms with Gasteiger partial charge in [0, 0.05) is 6.54 Å². The maximum atomic E-state index is 12.4. The summed E-state index contributed by atoms with van der Waals surface area (Å²) in [6.07, 6.45) is -3.59. The fourth-order valence-corrected chi connectivity index (χ4v) is 3.78. The third-order valence-corrected chi connectivity index (χ3v) is 5.79. The molecule has 1 aliphatic heterocycles. The van der Waals surface area contributed by atoms with Crippen molar-refractivity contribution in [3.8, 4) is 11.1 Å². The second kappa shape index (κ2) is 10.1. The van der Waals surface area contributed by atoms with Gasteiger partial charge >= 0.3 is 0 Å². The summed E-state index contributed by atoms with van der Waals surface area (Å²) in [4.78, 5) is 12.4. The Balaban J connectivity index is 1.51. The molecule has 1 saturated heterocycles. The third kappa shape index (κ3) is 5.06. The van der Waals surface area contributed by atoms with E-state index in [1.807, 2.05) is 18.2 Å². The number of hydrogen-bond donors (Lipinski definition) is 6. The molecule has 1 unspecified atom stereocenters. The maximum absolute atomic E-state index is 12.4. The average Bonchev–Trinajstić information content (AvgIpc) is 2.78. The predicted molar refractivity (Wildman–Crippen MR) is 114 cm³/mol. The summed E-state index contributed by atoms with van der Waals surface area (Å²) in [5.41, 5.74) is 3.48. The summed E-state index contributed by atoms with van der Waals surface area (Å²) in [6, 6.07) is 16.5. The minimum atomic E-state index is -1.50. The van der Waals surface area contributed by atoms with Crippen molar-refractivity contribution in [2.24, 2.45) is 0 Å². The number of benzene rings is 2. The molecular formula is C23H30N2O5. The number of carbonyl (C=O) groups is 1. The van der Waals surface area contributed by atoms with Gasteiger partial charge < -0.3 is 25.7 Å². The number of aliphatic hydroxyl groups is 4. The topological polar surface area (TPSA) is 122 Å². The monoisotopic (exact) mass is 414 g/mol. The minimum absolute atomic E-state index is 0.219. The Morgan fingerprint density at radius 2 is 1.60 bits per heavy atom. The van der Waals surface area contributed by atoms with Crippen LogP contribution in [0.2, 0.25) is 0 Å². The highest BCUT2D eigenvalue weighted by atomic mass is 16.4. The Hall–Kier alpha value is -2.29. The fraction of sp³-hybridized carbons (Fsp3) is 0.435. The van der Waals surface area contributed by atoms with Gasteiger partial charge in [0.2, 0.25) is 5.91 Å². The lowest BCUT2D eigenvalue weighted by Gasteiger charge is -2.40. The fourth-order valence-electron chi connectivity index (χ4n) is 3.78. The van der Waals surface area contributed by atoms with Gasteiger partial charge in [-0.3, -0.25) is 10.1 Å². The van der Waals surface area contributed by atoms with Crippen LogP contribution < -0.4 is 10.6 Å². The highest BCUT2D eigenvalue weighted by molar-refractivity contribution is 5.82. The van der Waals surface area contributed by atoms with Crippen LogP contribution in [0.25, 0.3) is 11.1 Å². The van der Waals surface area contributed by atoms with Gasteiger partial charge in [0.25, 0.3) is 0 Å². The first kappa shape index (κ1) is 22.4. The molecule has 6 N–H and O–H groups in total. The molecule has 0 spiro atoms. The predicted octanol–water partition coefficient (Wildman–Crippen LogP) is 0.379. The first-order valence-corrected chi connectivity index (χ1v) is 10.3. The van der Waals surface area contributed by atoms with Crippen molar-refractivity contribution in [2.45, 2.75) is 49.7 Å². The van der Waals surface area contributed by atoms with Gasteiger partial charge in [-0.15, -0.1) is 0 Å². The molecule has 2 aromatic carbocycles. The van der Waals surface area contributed by atoms with E-state index in [9.17, 15) is 25.2 Å². The largest absolute Gasteiger partial charge is 0.395 e. The van der Waals surface area contributed by atoms with Crippen LogP contribution in [0.15, 0.2) is 54.6 Å². The molecule has 0 aromatic heterocycles. The van der Waals surface area contributed by atoms with Crippen molar-refractivity contribution < 1.29 is 25.2 Å². The third-order valence-electron chi connectivity index (χ3n) is 5.79. The molecule has 7 heteroatoms. The van der Waals surface area contributed by atoms with E-state index in [2.05, 4.69) is 54.0 Å². The van der Waals surface area contributed by atoms with Crippen molar-refractivity contribution in [3.63, 3.8) is 0 Å². The SMILES string of the molecule is CC(CCNC(=O)[C@H]1N[C@H](CO)[C@@H](O)[C@H](O)[C@@H]1O)c1ccc(-c2ccccc2)cc1. The molecule has 0 bridgehead atoms. The van der Waals surface area contributed by atoms with E-state index in [1.165, 1.54) is 5.56 Å². The van der Waals surface area contributed by atoms with Crippen molar-refractivity contribution in [3.05, 3.63) is 60.2 Å². The van der Waals surface area contributed by atoms with Crippen molar-refractivity contribution in [1.82, 2.24) is 10.6 Å². The van der Waals surface area contributed by atoms with Gasteiger partial charge in [-0.2, -0.15) is 0 Å². The molecule has 3 rings (SSSR count). The Labute approximate surface area is 176 Å². The molecule has 162 valence electrons. The molecular weight excluding hydrogens is 384 g/mol. The minimum Gasteiger partial charge on any atom is -0.395 e. The lowest BCUT2D eigenvalue weighted by molar-refractivity contribution is -0.145. The Bertz CT molecular complexity index is 812. The number of rotatable bonds is 7. The molecule has 0 aliphatic carbocycles. The average molecular weight is 415 g/mol. The summed E-state index contributed by atoms with van der Waals surface area (Å²) in [6.45, 7) is 2.03. The number of nitrogens with one attached hydrogen (secondary N) is 2. The number of piperidine rings is 1. The maximum Gasteiger partial charge on any atom is 0.239 e. The second-order valence-corrected chi connectivity index (χ2v) is 7.87. The highest BCUT2D eigenvalue weighted by Crippen LogP contribution is 2.24. The number of carbonyl (C=O) groups excluding carboxylic acids is 1. The zero-order valence-corrected chi connectivity index (χ0v) is 17.0. The second-order valence-electron chi connectivity index (χ2n) is 7.87. The van der Waals surface area contributed by atoms with Crippen LogP contribution in [-0.2, 0) is 4.79 Å². The number of aliphatic hydroxyl groups excluding tert-OH is 4. The molecule has 30 heavy (non-hydrogen) atoms. The highest BCUT2D eigenvalue weighted by Gasteiger charge is 2.44. The summed E-state index contributed by atoms with van der Waals surface area (Å²) in [5, 5.41) is 44.5. The summed E-state index contributed by atoms with van der Waals surface area (Å²) >= 11 is 0. The number of hydrogen-bond acceptors (Lipinski definition) is 6. The van der Waals surface area contributed by atoms with E-state index in [4.69, 9.17) is 0 Å². The first-order chi connectivity index (χ1) is 14.4. The van der Waals surface area contributed by atoms with Crippen molar-refractivity contribution in [2.75, 3.05) is 13.2 Å². The van der Waals surface area contributed by atoms with Gasteiger partial charge in [0.15, 0.2) is 0 Å². The first-order valence-electron chi connectivity index (χ1n) is 10.3. The molecule has 1 aliphatic rings. The summed E-state index contributed by atoms with van der Waals surface area (Å²) < 4.78 is 0. The Kier molecular flexibility index (Phi) is 7.58. The molecule has 7 nitrogen and oxygen atoms in total. The van der Waals surface area contributed by atoms with E-state index in [-0.39, 0.29) is 5.92 Å². The van der Waals surface area contributed by atoms with Gasteiger partial charge in [-0.1, -0.05) is 61.5 Å². The quantitative estimate of drug-likeness (QED) is 0.390. The van der Waals surface area contributed by atoms with Crippen LogP contribution in [0.1, 0.15) is 24.8 Å². The van der Waals surface area contributed by atoms with E-state index in [0.29, 0.717) is 13.0 Å². The standard InChI is InChI=1S/C23H30N2O5/c1-14(15-7-9-17(10-8-15)16-5-3-2-4-6-16)11-12-24-23(30)19-21(28)22(29)20(27)18(13-26)25-19/h2-10,14,18-22,25-29H,11-13H2,1H3,(H,24,30)/t14?,18-,19+,20-,21-,22+/m1/s1. The Morgan fingerprint density at radius 3 is 2.23 bits per heavy atom. The molecule has 1 fully saturated rings. The van der Waals surface area contributed by atoms with Crippen LogP contribution in [0.3, 0.4) is 0 Å². The van der Waals surface area contributed by atoms with Gasteiger partial charge in [0.1, 0.15) is 24.4 Å². The van der Waals surface area contributed by atoms with E-state index in [0.717, 1.165) is 11.1 Å². The smallest absolute Gasteiger partial charge is 0.239 e. The lowest BCUT2D eigenvalue weighted by atomic mass is 9.90. The van der Waals surface area contributed by atoms with Crippen LogP contribution in [-0.4, -0.2) is 69.9 Å². The van der Waals surface area contributed by atoms with E-state index in [1.54, 1.807) is 0 Å². The summed E-state index contributed by atoms with van der Waals surface area (Å²) in [7, 11) is 0. The van der Waals surface area contributed by atoms with Gasteiger partial charge in [-0.25, -0.2) is 0 Å². The molecule has 2 aromatic rings. The van der Waals surface area contributed by atoms with Crippen molar-refractivity contribution in [1.29, 1.82) is 0 Å². The van der Waals surface area contributed by atoms with Crippen molar-refractivity contribution >= 4 is 5.91 Å². The van der Waals surface area contributed by atoms with Crippen LogP contribution in [0.5, 0.6) is 0 Å². The summed E-state index contributed by atoms with van der Waals surface area (Å²) in [5.74, 6) is -0.254. The van der Waals surface area contributed by atoms with Crippen LogP contribution in [0, 0.1) is 0 Å². The molecule has 1 heterocycles. The van der Waals surface area contributed by atoms with Gasteiger partial charge in [-0.05, 0) is 29.0 Å². The number of amides is 1. The Morgan fingerprint density at radius 1 is 0.967 bits per heavy atom. The molecule has 0 saturated carbocycles. The van der Waals surface area contributed by atoms with E-state index < -0.39 is 42.9 Å². The van der Waals surface area contributed by atoms with E-state index >= 15 is 0 Å². The molecule has 0 radical (unpaired) electrons. The van der Waals surface area contributed by atoms with Gasteiger partial charge in [0.05, 0.1) is 12.6 Å². The molecule has 1 amide bonds. The zero-order valence-electron chi connectivity index (χ0n) is 17.0. The van der Waals surface area contributed by atoms with Crippen LogP contribution >= 0.6 is 0 Å². The zero-order chi connectivity index (χ0) is 21.7. The van der Waals surface area contributed by atoms with Crippen LogP contribution in [0.4, 0.5) is 0 Å². The lowest BCUT2D eigenvalue weighted by Crippen LogP contribution is -2.69. The molecule has 6 atom stereocenters. The normalized spacial score (nSPS) is 27.4.